The van der Waals surface area contributed by atoms with Crippen molar-refractivity contribution in [3.05, 3.63) is 17.4 Å². The molecule has 0 aromatic carbocycles. The van der Waals surface area contributed by atoms with Crippen molar-refractivity contribution in [3.8, 4) is 0 Å². The van der Waals surface area contributed by atoms with E-state index in [0.717, 1.165) is 0 Å². The Morgan fingerprint density at radius 3 is 2.57 bits per heavy atom. The van der Waals surface area contributed by atoms with Crippen LogP contribution in [0.2, 0.25) is 0 Å². The summed E-state index contributed by atoms with van der Waals surface area (Å²) in [6.45, 7) is 5.35. The quantitative estimate of drug-likeness (QED) is 0.165. The van der Waals surface area contributed by atoms with Crippen molar-refractivity contribution in [2.75, 3.05) is 6.54 Å². The van der Waals surface area contributed by atoms with Crippen LogP contribution in [0.25, 0.3) is 0 Å². The lowest BCUT2D eigenvalue weighted by atomic mass is 10.5. The summed E-state index contributed by atoms with van der Waals surface area (Å²) in [5.41, 5.74) is 0. The molecule has 0 saturated carbocycles. The molecule has 0 unspecified atom stereocenters. The fourth-order valence-electron chi connectivity index (χ4n) is 0.223. The smallest absolute Gasteiger partial charge is 0.171 e. The number of hydroxylamine groups is 1. The molecule has 0 bridgehead atoms. The van der Waals surface area contributed by atoms with Crippen LogP contribution < -0.4 is 0 Å². The first-order valence-electron chi connectivity index (χ1n) is 2.13. The zero-order valence-corrected chi connectivity index (χ0v) is 4.42. The first-order chi connectivity index (χ1) is 3.27. The zero-order valence-electron chi connectivity index (χ0n) is 4.42. The monoisotopic (exact) mass is 99.1 g/mol. The molecule has 0 aliphatic rings. The predicted octanol–water partition coefficient (Wildman–Crippen LogP) is 0.773. The molecule has 0 spiro atoms. The highest BCUT2D eigenvalue weighted by molar-refractivity contribution is 5.14. The third-order valence-corrected chi connectivity index (χ3v) is 0.545. The molecule has 2 nitrogen and oxygen atoms in total. The van der Waals surface area contributed by atoms with E-state index >= 15 is 0 Å². The molecule has 0 N–H and O–H groups in total. The second-order valence-corrected chi connectivity index (χ2v) is 1.23. The highest BCUT2D eigenvalue weighted by atomic mass is 16.5. The molecule has 0 amide bonds. The van der Waals surface area contributed by atoms with E-state index in [-0.39, 0.29) is 0 Å². The number of allylic oxidation sites excluding steroid dienone is 1. The van der Waals surface area contributed by atoms with Crippen molar-refractivity contribution in [2.45, 2.75) is 6.92 Å². The second kappa shape index (κ2) is 3.40. The topological polar surface area (TPSA) is 26.1 Å². The van der Waals surface area contributed by atoms with Crippen LogP contribution >= 0.6 is 0 Å². The van der Waals surface area contributed by atoms with E-state index in [1.165, 1.54) is 0 Å². The lowest BCUT2D eigenvalue weighted by molar-refractivity contribution is -0.436. The zero-order chi connectivity index (χ0) is 5.70. The highest BCUT2D eigenvalue weighted by Gasteiger charge is 1.74. The Labute approximate surface area is 43.4 Å². The van der Waals surface area contributed by atoms with E-state index in [1.54, 1.807) is 6.08 Å². The van der Waals surface area contributed by atoms with E-state index in [0.29, 0.717) is 11.3 Å². The van der Waals surface area contributed by atoms with Gasteiger partial charge in [-0.3, -0.25) is 0 Å². The number of nitrogens with zero attached hydrogens (tertiary/aromatic N) is 1. The Hall–Kier alpha value is -0.790. The molecule has 7 heavy (non-hydrogen) atoms. The summed E-state index contributed by atoms with van der Waals surface area (Å²) < 4.78 is 0.625. The van der Waals surface area contributed by atoms with Crippen LogP contribution in [0.1, 0.15) is 6.92 Å². The molecule has 0 radical (unpaired) electrons. The van der Waals surface area contributed by atoms with E-state index in [9.17, 15) is 5.21 Å². The molecule has 0 saturated heterocycles. The molecule has 0 aromatic rings. The van der Waals surface area contributed by atoms with Crippen LogP contribution in [0.4, 0.5) is 0 Å². The first-order valence-corrected chi connectivity index (χ1v) is 2.13. The Balaban J connectivity index is 3.14. The Kier molecular flexibility index (Phi) is 3.02. The average Bonchev–Trinajstić information content (AvgIpc) is 1.61. The Bertz CT molecular complexity index is 86.1. The summed E-state index contributed by atoms with van der Waals surface area (Å²) in [6.07, 6.45) is 3.57. The molecule has 0 aromatic heterocycles. The van der Waals surface area contributed by atoms with Crippen LogP contribution in [0.3, 0.4) is 0 Å². The van der Waals surface area contributed by atoms with Gasteiger partial charge in [-0.25, -0.2) is 4.74 Å². The maximum Gasteiger partial charge on any atom is 0.171 e. The van der Waals surface area contributed by atoms with Gasteiger partial charge in [0.2, 0.25) is 0 Å². The van der Waals surface area contributed by atoms with Crippen molar-refractivity contribution in [1.29, 1.82) is 0 Å². The van der Waals surface area contributed by atoms with Gasteiger partial charge in [0.05, 0.1) is 0 Å². The van der Waals surface area contributed by atoms with Gasteiger partial charge in [-0.2, -0.15) is 0 Å². The van der Waals surface area contributed by atoms with Gasteiger partial charge in [0.15, 0.2) is 6.54 Å². The van der Waals surface area contributed by atoms with E-state index < -0.39 is 0 Å². The molecule has 0 aliphatic heterocycles. The van der Waals surface area contributed by atoms with Crippen molar-refractivity contribution in [2.24, 2.45) is 0 Å². The Morgan fingerprint density at radius 1 is 1.86 bits per heavy atom. The molecule has 2 heteroatoms. The van der Waals surface area contributed by atoms with Crippen molar-refractivity contribution < 1.29 is 4.74 Å². The molecular formula is C5H9NO. The van der Waals surface area contributed by atoms with Crippen LogP contribution in [0.15, 0.2) is 12.2 Å². The maximum atomic E-state index is 9.96. The third kappa shape index (κ3) is 5.21. The van der Waals surface area contributed by atoms with E-state index in [1.807, 2.05) is 13.0 Å². The Morgan fingerprint density at radius 2 is 2.43 bits per heavy atom. The molecule has 0 fully saturated rings. The lowest BCUT2D eigenvalue weighted by Crippen LogP contribution is -1.96. The minimum absolute atomic E-state index is 0.385. The van der Waals surface area contributed by atoms with Crippen LogP contribution in [0.5, 0.6) is 0 Å². The van der Waals surface area contributed by atoms with Crippen LogP contribution in [-0.2, 0) is 0 Å². The molecular weight excluding hydrogens is 90.1 g/mol. The predicted molar refractivity (Wildman–Crippen MR) is 30.4 cm³/mol. The minimum Gasteiger partial charge on any atom is -0.624 e. The van der Waals surface area contributed by atoms with Gasteiger partial charge in [-0.15, -0.1) is 0 Å². The summed E-state index contributed by atoms with van der Waals surface area (Å²) in [4.78, 5) is 0. The molecule has 0 atom stereocenters. The fourth-order valence-corrected chi connectivity index (χ4v) is 0.223. The largest absolute Gasteiger partial charge is 0.624 e. The number of hydrogen-bond acceptors (Lipinski definition) is 1. The number of hydrogen-bond donors (Lipinski definition) is 0. The SMILES string of the molecule is C=[N+]([O-])C/C=C\C. The normalized spacial score (nSPS) is 9.86. The van der Waals surface area contributed by atoms with Crippen LogP contribution in [0, 0.1) is 5.21 Å². The van der Waals surface area contributed by atoms with Gasteiger partial charge < -0.3 is 5.21 Å². The van der Waals surface area contributed by atoms with Gasteiger partial charge in [-0.1, -0.05) is 6.08 Å². The molecule has 0 aliphatic carbocycles. The van der Waals surface area contributed by atoms with Crippen LogP contribution in [-0.4, -0.2) is 18.0 Å². The fraction of sp³-hybridized carbons (Fsp3) is 0.400. The van der Waals surface area contributed by atoms with Gasteiger partial charge >= 0.3 is 0 Å². The highest BCUT2D eigenvalue weighted by Crippen LogP contribution is 1.69. The second-order valence-electron chi connectivity index (χ2n) is 1.23. The van der Waals surface area contributed by atoms with Crippen molar-refractivity contribution in [3.63, 3.8) is 0 Å². The van der Waals surface area contributed by atoms with Gasteiger partial charge in [0.25, 0.3) is 0 Å². The minimum atomic E-state index is 0.385. The first kappa shape index (κ1) is 6.21. The van der Waals surface area contributed by atoms with Gasteiger partial charge in [0, 0.05) is 0 Å². The summed E-state index contributed by atoms with van der Waals surface area (Å²) in [6, 6.07) is 0. The summed E-state index contributed by atoms with van der Waals surface area (Å²) in [7, 11) is 0. The van der Waals surface area contributed by atoms with E-state index in [2.05, 4.69) is 6.72 Å². The van der Waals surface area contributed by atoms with E-state index in [4.69, 9.17) is 0 Å². The lowest BCUT2D eigenvalue weighted by Gasteiger charge is -1.92. The van der Waals surface area contributed by atoms with Gasteiger partial charge in [-0.05, 0) is 13.0 Å². The molecule has 0 heterocycles. The maximum absolute atomic E-state index is 9.96. The van der Waals surface area contributed by atoms with Crippen molar-refractivity contribution >= 4 is 6.72 Å². The summed E-state index contributed by atoms with van der Waals surface area (Å²) in [5.74, 6) is 0. The molecule has 40 valence electrons. The summed E-state index contributed by atoms with van der Waals surface area (Å²) in [5, 5.41) is 9.96. The standard InChI is InChI=1S/C5H9NO/c1-3-4-5-6(2)7/h3-4H,2,5H2,1H3/b4-3-. The molecule has 0 rings (SSSR count). The average molecular weight is 99.1 g/mol. The third-order valence-electron chi connectivity index (χ3n) is 0.545. The van der Waals surface area contributed by atoms with Crippen molar-refractivity contribution in [1.82, 2.24) is 0 Å². The number of rotatable bonds is 2. The van der Waals surface area contributed by atoms with Gasteiger partial charge in [0.1, 0.15) is 6.72 Å². The summed E-state index contributed by atoms with van der Waals surface area (Å²) >= 11 is 0.